The molecule has 5 nitrogen and oxygen atoms in total. The Balaban J connectivity index is 1.71. The van der Waals surface area contributed by atoms with Crippen molar-refractivity contribution in [3.05, 3.63) is 66.2 Å². The highest BCUT2D eigenvalue weighted by Gasteiger charge is 2.09. The second-order valence-corrected chi connectivity index (χ2v) is 6.16. The van der Waals surface area contributed by atoms with Crippen LogP contribution >= 0.6 is 0 Å². The molecule has 0 spiro atoms. The molecule has 3 aromatic carbocycles. The van der Waals surface area contributed by atoms with E-state index >= 15 is 0 Å². The minimum Gasteiger partial charge on any atom is -0.383 e. The van der Waals surface area contributed by atoms with Gasteiger partial charge in [0, 0.05) is 24.7 Å². The lowest BCUT2D eigenvalue weighted by Crippen LogP contribution is -2.16. The summed E-state index contributed by atoms with van der Waals surface area (Å²) < 4.78 is 0. The van der Waals surface area contributed by atoms with Gasteiger partial charge in [-0.15, -0.1) is 0 Å². The van der Waals surface area contributed by atoms with Crippen molar-refractivity contribution in [1.82, 2.24) is 9.97 Å². The molecule has 0 bridgehead atoms. The van der Waals surface area contributed by atoms with E-state index in [1.54, 1.807) is 0 Å². The van der Waals surface area contributed by atoms with Crippen molar-refractivity contribution in [3.8, 4) is 0 Å². The minimum absolute atomic E-state index is 0.196. The summed E-state index contributed by atoms with van der Waals surface area (Å²) in [5, 5.41) is 3.34. The van der Waals surface area contributed by atoms with E-state index < -0.39 is 0 Å². The molecule has 25 heavy (non-hydrogen) atoms. The number of hydrogen-bond acceptors (Lipinski definition) is 5. The highest BCUT2D eigenvalue weighted by molar-refractivity contribution is 5.91. The highest BCUT2D eigenvalue weighted by Crippen LogP contribution is 2.27. The quantitative estimate of drug-likeness (QED) is 0.600. The number of anilines is 3. The van der Waals surface area contributed by atoms with Crippen molar-refractivity contribution < 1.29 is 0 Å². The topological polar surface area (TPSA) is 81.1 Å². The van der Waals surface area contributed by atoms with E-state index in [4.69, 9.17) is 11.5 Å². The van der Waals surface area contributed by atoms with Gasteiger partial charge in [0.15, 0.2) is 0 Å². The fraction of sp³-hybridized carbons (Fsp3) is 0.100. The number of nitrogen functional groups attached to an aromatic ring is 2. The molecule has 0 amide bonds. The summed E-state index contributed by atoms with van der Waals surface area (Å²) in [6.45, 7) is 0.794. The largest absolute Gasteiger partial charge is 0.383 e. The highest BCUT2D eigenvalue weighted by atomic mass is 15.1. The van der Waals surface area contributed by atoms with E-state index in [2.05, 4.69) is 64.4 Å². The lowest BCUT2D eigenvalue weighted by Gasteiger charge is -2.21. The first kappa shape index (κ1) is 15.2. The predicted molar refractivity (Wildman–Crippen MR) is 104 cm³/mol. The smallest absolute Gasteiger partial charge is 0.222 e. The summed E-state index contributed by atoms with van der Waals surface area (Å²) in [5.74, 6) is 0.602. The van der Waals surface area contributed by atoms with Gasteiger partial charge in [-0.1, -0.05) is 42.5 Å². The van der Waals surface area contributed by atoms with Crippen LogP contribution in [0.5, 0.6) is 0 Å². The van der Waals surface area contributed by atoms with Gasteiger partial charge in [-0.2, -0.15) is 4.98 Å². The number of aromatic nitrogens is 2. The van der Waals surface area contributed by atoms with Crippen molar-refractivity contribution >= 4 is 39.1 Å². The van der Waals surface area contributed by atoms with Crippen molar-refractivity contribution in [1.29, 1.82) is 0 Å². The van der Waals surface area contributed by atoms with Gasteiger partial charge in [0.25, 0.3) is 0 Å². The van der Waals surface area contributed by atoms with Gasteiger partial charge in [-0.25, -0.2) is 4.98 Å². The molecule has 0 saturated heterocycles. The zero-order valence-electron chi connectivity index (χ0n) is 14.0. The Kier molecular flexibility index (Phi) is 3.61. The summed E-state index contributed by atoms with van der Waals surface area (Å²) in [4.78, 5) is 10.5. The van der Waals surface area contributed by atoms with E-state index in [1.807, 2.05) is 18.2 Å². The number of fused-ring (bicyclic) bond motifs is 2. The van der Waals surface area contributed by atoms with Gasteiger partial charge in [-0.3, -0.25) is 0 Å². The standard InChI is InChI=1S/C20H19N5/c1-25(12-14-7-4-6-13-5-2-3-8-16(13)14)15-9-10-18-17(11-15)19(21)24-20(22)23-18/h2-11H,12H2,1H3,(H4,21,22,23,24). The van der Waals surface area contributed by atoms with Crippen LogP contribution in [0.1, 0.15) is 5.56 Å². The maximum Gasteiger partial charge on any atom is 0.222 e. The van der Waals surface area contributed by atoms with Crippen LogP contribution in [0.2, 0.25) is 0 Å². The van der Waals surface area contributed by atoms with E-state index in [9.17, 15) is 0 Å². The number of hydrogen-bond donors (Lipinski definition) is 2. The number of nitrogens with zero attached hydrogens (tertiary/aromatic N) is 3. The van der Waals surface area contributed by atoms with E-state index in [-0.39, 0.29) is 5.95 Å². The van der Waals surface area contributed by atoms with Crippen LogP contribution in [-0.4, -0.2) is 17.0 Å². The summed E-state index contributed by atoms with van der Waals surface area (Å²) in [6, 6.07) is 20.8. The van der Waals surface area contributed by atoms with Crippen molar-refractivity contribution in [2.45, 2.75) is 6.54 Å². The van der Waals surface area contributed by atoms with Gasteiger partial charge >= 0.3 is 0 Å². The molecule has 1 heterocycles. The number of nitrogens with two attached hydrogens (primary N) is 2. The first-order chi connectivity index (χ1) is 12.1. The molecule has 0 aliphatic heterocycles. The van der Waals surface area contributed by atoms with Crippen molar-refractivity contribution in [2.75, 3.05) is 23.4 Å². The third kappa shape index (κ3) is 2.80. The Bertz CT molecular complexity index is 1070. The summed E-state index contributed by atoms with van der Waals surface area (Å²) >= 11 is 0. The molecule has 0 aliphatic rings. The monoisotopic (exact) mass is 329 g/mol. The molecule has 4 aromatic rings. The maximum atomic E-state index is 6.00. The van der Waals surface area contributed by atoms with Gasteiger partial charge in [-0.05, 0) is 34.5 Å². The first-order valence-corrected chi connectivity index (χ1v) is 8.12. The molecule has 0 unspecified atom stereocenters. The molecule has 0 atom stereocenters. The number of rotatable bonds is 3. The fourth-order valence-electron chi connectivity index (χ4n) is 3.17. The van der Waals surface area contributed by atoms with Crippen LogP contribution in [0.15, 0.2) is 60.7 Å². The van der Waals surface area contributed by atoms with Crippen LogP contribution < -0.4 is 16.4 Å². The van der Waals surface area contributed by atoms with Gasteiger partial charge < -0.3 is 16.4 Å². The van der Waals surface area contributed by atoms with Crippen molar-refractivity contribution in [3.63, 3.8) is 0 Å². The van der Waals surface area contributed by atoms with Crippen LogP contribution in [0.4, 0.5) is 17.5 Å². The van der Waals surface area contributed by atoms with Gasteiger partial charge in [0.05, 0.1) is 5.52 Å². The molecule has 5 heteroatoms. The second kappa shape index (κ2) is 5.94. The minimum atomic E-state index is 0.196. The molecule has 0 aliphatic carbocycles. The van der Waals surface area contributed by atoms with E-state index in [0.717, 1.165) is 23.1 Å². The van der Waals surface area contributed by atoms with Crippen LogP contribution in [-0.2, 0) is 6.54 Å². The normalized spacial score (nSPS) is 11.1. The third-order valence-corrected chi connectivity index (χ3v) is 4.45. The van der Waals surface area contributed by atoms with Crippen molar-refractivity contribution in [2.24, 2.45) is 0 Å². The molecule has 0 radical (unpaired) electrons. The third-order valence-electron chi connectivity index (χ3n) is 4.45. The Labute approximate surface area is 145 Å². The second-order valence-electron chi connectivity index (χ2n) is 6.16. The van der Waals surface area contributed by atoms with Crippen LogP contribution in [0.3, 0.4) is 0 Å². The molecule has 4 N–H and O–H groups in total. The molecular weight excluding hydrogens is 310 g/mol. The Morgan fingerprint density at radius 1 is 0.880 bits per heavy atom. The molecular formula is C20H19N5. The molecule has 0 saturated carbocycles. The van der Waals surface area contributed by atoms with Crippen LogP contribution in [0.25, 0.3) is 21.7 Å². The van der Waals surface area contributed by atoms with Gasteiger partial charge in [0.2, 0.25) is 5.95 Å². The first-order valence-electron chi connectivity index (χ1n) is 8.12. The lowest BCUT2D eigenvalue weighted by molar-refractivity contribution is 0.931. The molecule has 0 fully saturated rings. The zero-order valence-corrected chi connectivity index (χ0v) is 14.0. The van der Waals surface area contributed by atoms with E-state index in [0.29, 0.717) is 5.82 Å². The average Bonchev–Trinajstić information content (AvgIpc) is 2.61. The predicted octanol–water partition coefficient (Wildman–Crippen LogP) is 3.58. The lowest BCUT2D eigenvalue weighted by atomic mass is 10.0. The van der Waals surface area contributed by atoms with Crippen LogP contribution in [0, 0.1) is 0 Å². The summed E-state index contributed by atoms with van der Waals surface area (Å²) in [5.41, 5.74) is 14.8. The zero-order chi connectivity index (χ0) is 17.4. The number of benzene rings is 3. The molecule has 4 rings (SSSR count). The maximum absolute atomic E-state index is 6.00. The fourth-order valence-corrected chi connectivity index (χ4v) is 3.17. The Morgan fingerprint density at radius 3 is 2.56 bits per heavy atom. The summed E-state index contributed by atoms with van der Waals surface area (Å²) in [6.07, 6.45) is 0. The van der Waals surface area contributed by atoms with Gasteiger partial charge in [0.1, 0.15) is 5.82 Å². The Morgan fingerprint density at radius 2 is 1.68 bits per heavy atom. The SMILES string of the molecule is CN(Cc1cccc2ccccc12)c1ccc2nc(N)nc(N)c2c1. The van der Waals surface area contributed by atoms with E-state index in [1.165, 1.54) is 16.3 Å². The Hall–Kier alpha value is -3.34. The molecule has 124 valence electrons. The average molecular weight is 329 g/mol. The molecule has 1 aromatic heterocycles. The summed E-state index contributed by atoms with van der Waals surface area (Å²) in [7, 11) is 2.07.